The molecule has 0 aromatic carbocycles. The van der Waals surface area contributed by atoms with Crippen LogP contribution in [0.5, 0.6) is 0 Å². The molecule has 2 heterocycles. The maximum absolute atomic E-state index is 10.4. The van der Waals surface area contributed by atoms with Crippen molar-refractivity contribution in [2.24, 2.45) is 0 Å². The molecular formula is C8H7N3O2. The summed E-state index contributed by atoms with van der Waals surface area (Å²) in [4.78, 5) is 14.3. The van der Waals surface area contributed by atoms with Crippen LogP contribution in [0.1, 0.15) is 5.69 Å². The maximum Gasteiger partial charge on any atom is 0.309 e. The van der Waals surface area contributed by atoms with Crippen molar-refractivity contribution in [3.05, 3.63) is 24.2 Å². The molecular weight excluding hydrogens is 170 g/mol. The molecule has 0 aliphatic heterocycles. The monoisotopic (exact) mass is 177 g/mol. The lowest BCUT2D eigenvalue weighted by Crippen LogP contribution is -2.00. The van der Waals surface area contributed by atoms with Gasteiger partial charge >= 0.3 is 5.97 Å². The van der Waals surface area contributed by atoms with Gasteiger partial charge in [-0.1, -0.05) is 0 Å². The number of pyridine rings is 1. The molecule has 0 radical (unpaired) electrons. The highest BCUT2D eigenvalue weighted by Gasteiger charge is 2.07. The van der Waals surface area contributed by atoms with E-state index < -0.39 is 5.97 Å². The molecule has 5 nitrogen and oxygen atoms in total. The number of carbonyl (C=O) groups is 1. The van der Waals surface area contributed by atoms with E-state index in [0.717, 1.165) is 10.9 Å². The topological polar surface area (TPSA) is 78.9 Å². The van der Waals surface area contributed by atoms with Gasteiger partial charge in [0.05, 0.1) is 17.6 Å². The first-order valence-corrected chi connectivity index (χ1v) is 3.76. The van der Waals surface area contributed by atoms with Crippen LogP contribution in [-0.4, -0.2) is 26.3 Å². The van der Waals surface area contributed by atoms with Crippen LogP contribution in [0.4, 0.5) is 0 Å². The van der Waals surface area contributed by atoms with Crippen LogP contribution in [0.15, 0.2) is 18.5 Å². The second-order valence-electron chi connectivity index (χ2n) is 2.67. The Kier molecular flexibility index (Phi) is 1.70. The fraction of sp³-hybridized carbons (Fsp3) is 0.125. The molecule has 2 N–H and O–H groups in total. The van der Waals surface area contributed by atoms with Crippen molar-refractivity contribution in [1.29, 1.82) is 0 Å². The molecule has 0 bridgehead atoms. The van der Waals surface area contributed by atoms with Gasteiger partial charge in [-0.25, -0.2) is 0 Å². The molecule has 0 spiro atoms. The first-order valence-electron chi connectivity index (χ1n) is 3.76. The molecule has 2 aromatic rings. The van der Waals surface area contributed by atoms with Crippen LogP contribution in [-0.2, 0) is 11.2 Å². The standard InChI is InChI=1S/C8H7N3O2/c12-8(13)3-7-5-4-9-2-1-6(5)10-11-7/h1-2,4H,3H2,(H,10,11)(H,12,13). The van der Waals surface area contributed by atoms with E-state index in [9.17, 15) is 4.79 Å². The van der Waals surface area contributed by atoms with Crippen LogP contribution in [0.2, 0.25) is 0 Å². The van der Waals surface area contributed by atoms with Gasteiger partial charge in [0, 0.05) is 17.8 Å². The number of hydrogen-bond acceptors (Lipinski definition) is 3. The first-order chi connectivity index (χ1) is 6.27. The molecule has 0 saturated carbocycles. The molecule has 0 saturated heterocycles. The number of aliphatic carboxylic acids is 1. The third-order valence-corrected chi connectivity index (χ3v) is 1.76. The summed E-state index contributed by atoms with van der Waals surface area (Å²) in [6.07, 6.45) is 3.17. The van der Waals surface area contributed by atoms with E-state index in [-0.39, 0.29) is 6.42 Å². The summed E-state index contributed by atoms with van der Waals surface area (Å²) >= 11 is 0. The highest BCUT2D eigenvalue weighted by atomic mass is 16.4. The van der Waals surface area contributed by atoms with E-state index in [1.54, 1.807) is 18.5 Å². The highest BCUT2D eigenvalue weighted by Crippen LogP contribution is 2.13. The molecule has 5 heteroatoms. The van der Waals surface area contributed by atoms with Crippen molar-refractivity contribution >= 4 is 16.9 Å². The summed E-state index contributed by atoms with van der Waals surface area (Å²) in [5, 5.41) is 16.0. The summed E-state index contributed by atoms with van der Waals surface area (Å²) in [6.45, 7) is 0. The largest absolute Gasteiger partial charge is 0.481 e. The normalized spacial score (nSPS) is 10.5. The average Bonchev–Trinajstić information content (AvgIpc) is 2.48. The molecule has 0 aliphatic rings. The van der Waals surface area contributed by atoms with E-state index in [1.807, 2.05) is 0 Å². The Hall–Kier alpha value is -1.91. The van der Waals surface area contributed by atoms with Crippen molar-refractivity contribution in [2.75, 3.05) is 0 Å². The molecule has 0 unspecified atom stereocenters. The number of fused-ring (bicyclic) bond motifs is 1. The summed E-state index contributed by atoms with van der Waals surface area (Å²) < 4.78 is 0. The number of carboxylic acids is 1. The Morgan fingerprint density at radius 1 is 1.62 bits per heavy atom. The molecule has 13 heavy (non-hydrogen) atoms. The van der Waals surface area contributed by atoms with E-state index in [1.165, 1.54) is 0 Å². The minimum Gasteiger partial charge on any atom is -0.481 e. The predicted octanol–water partition coefficient (Wildman–Crippen LogP) is 0.585. The number of nitrogens with one attached hydrogen (secondary N) is 1. The fourth-order valence-electron chi connectivity index (χ4n) is 1.19. The van der Waals surface area contributed by atoms with E-state index in [4.69, 9.17) is 5.11 Å². The SMILES string of the molecule is O=C(O)Cc1[nH]nc2ccncc12. The highest BCUT2D eigenvalue weighted by molar-refractivity contribution is 5.84. The van der Waals surface area contributed by atoms with Crippen LogP contribution < -0.4 is 0 Å². The molecule has 0 fully saturated rings. The van der Waals surface area contributed by atoms with E-state index >= 15 is 0 Å². The fourth-order valence-corrected chi connectivity index (χ4v) is 1.19. The summed E-state index contributed by atoms with van der Waals surface area (Å²) in [5.41, 5.74) is 1.34. The zero-order chi connectivity index (χ0) is 9.26. The lowest BCUT2D eigenvalue weighted by atomic mass is 10.2. The Balaban J connectivity index is 2.51. The number of aromatic nitrogens is 3. The molecule has 0 aliphatic carbocycles. The lowest BCUT2D eigenvalue weighted by Gasteiger charge is -1.91. The number of rotatable bonds is 2. The Bertz CT molecular complexity index is 449. The van der Waals surface area contributed by atoms with Gasteiger partial charge in [-0.15, -0.1) is 0 Å². The number of hydrogen-bond donors (Lipinski definition) is 2. The van der Waals surface area contributed by atoms with E-state index in [2.05, 4.69) is 15.2 Å². The Labute approximate surface area is 73.4 Å². The summed E-state index contributed by atoms with van der Waals surface area (Å²) in [5.74, 6) is -0.880. The maximum atomic E-state index is 10.4. The van der Waals surface area contributed by atoms with Crippen LogP contribution >= 0.6 is 0 Å². The molecule has 0 amide bonds. The van der Waals surface area contributed by atoms with Gasteiger partial charge in [-0.3, -0.25) is 14.9 Å². The molecule has 2 rings (SSSR count). The lowest BCUT2D eigenvalue weighted by molar-refractivity contribution is -0.136. The number of carboxylic acid groups (broad SMARTS) is 1. The van der Waals surface area contributed by atoms with Crippen molar-refractivity contribution in [2.45, 2.75) is 6.42 Å². The predicted molar refractivity (Wildman–Crippen MR) is 45.2 cm³/mol. The minimum atomic E-state index is -0.880. The number of H-pyrrole nitrogens is 1. The first kappa shape index (κ1) is 7.72. The van der Waals surface area contributed by atoms with Gasteiger partial charge in [-0.2, -0.15) is 5.10 Å². The van der Waals surface area contributed by atoms with E-state index in [0.29, 0.717) is 5.69 Å². The number of aromatic amines is 1. The number of nitrogens with zero attached hydrogens (tertiary/aromatic N) is 2. The van der Waals surface area contributed by atoms with Gasteiger partial charge in [0.25, 0.3) is 0 Å². The van der Waals surface area contributed by atoms with Crippen LogP contribution in [0, 0.1) is 0 Å². The van der Waals surface area contributed by atoms with Crippen LogP contribution in [0.25, 0.3) is 10.9 Å². The third kappa shape index (κ3) is 1.35. The van der Waals surface area contributed by atoms with Crippen molar-refractivity contribution in [3.63, 3.8) is 0 Å². The van der Waals surface area contributed by atoms with Crippen molar-refractivity contribution < 1.29 is 9.90 Å². The van der Waals surface area contributed by atoms with Gasteiger partial charge < -0.3 is 5.11 Å². The van der Waals surface area contributed by atoms with Crippen molar-refractivity contribution in [1.82, 2.24) is 15.2 Å². The summed E-state index contributed by atoms with van der Waals surface area (Å²) in [6, 6.07) is 1.73. The quantitative estimate of drug-likeness (QED) is 0.703. The Morgan fingerprint density at radius 2 is 2.46 bits per heavy atom. The molecule has 0 atom stereocenters. The smallest absolute Gasteiger partial charge is 0.309 e. The van der Waals surface area contributed by atoms with Crippen LogP contribution in [0.3, 0.4) is 0 Å². The van der Waals surface area contributed by atoms with Gasteiger partial charge in [0.15, 0.2) is 0 Å². The van der Waals surface area contributed by atoms with Gasteiger partial charge in [-0.05, 0) is 6.07 Å². The minimum absolute atomic E-state index is 0.0534. The van der Waals surface area contributed by atoms with Gasteiger partial charge in [0.1, 0.15) is 0 Å². The van der Waals surface area contributed by atoms with Gasteiger partial charge in [0.2, 0.25) is 0 Å². The third-order valence-electron chi connectivity index (χ3n) is 1.76. The zero-order valence-corrected chi connectivity index (χ0v) is 6.69. The second kappa shape index (κ2) is 2.85. The second-order valence-corrected chi connectivity index (χ2v) is 2.67. The zero-order valence-electron chi connectivity index (χ0n) is 6.69. The average molecular weight is 177 g/mol. The summed E-state index contributed by atoms with van der Waals surface area (Å²) in [7, 11) is 0. The molecule has 66 valence electrons. The van der Waals surface area contributed by atoms with Crippen molar-refractivity contribution in [3.8, 4) is 0 Å². The Morgan fingerprint density at radius 3 is 3.23 bits per heavy atom. The molecule has 2 aromatic heterocycles.